The highest BCUT2D eigenvalue weighted by Crippen LogP contribution is 2.86. The Bertz CT molecular complexity index is 740. The topological polar surface area (TPSA) is 52.6 Å². The fraction of sp³-hybridized carbons (Fsp3) is 0.909. The summed E-state index contributed by atoms with van der Waals surface area (Å²) in [5, 5.41) is 0. The largest absolute Gasteiger partial charge is 0.462 e. The molecule has 6 aliphatic carbocycles. The molecule has 4 heteroatoms. The van der Waals surface area contributed by atoms with Gasteiger partial charge in [-0.2, -0.15) is 0 Å². The first-order valence-corrected chi connectivity index (χ1v) is 10.9. The van der Waals surface area contributed by atoms with Crippen LogP contribution in [0, 0.1) is 70.0 Å². The lowest BCUT2D eigenvalue weighted by Crippen LogP contribution is -2.53. The Morgan fingerprint density at radius 2 is 1.08 bits per heavy atom. The van der Waals surface area contributed by atoms with Crippen LogP contribution in [0.25, 0.3) is 0 Å². The van der Waals surface area contributed by atoms with Gasteiger partial charge in [0.05, 0.1) is 10.8 Å². The normalized spacial score (nSPS) is 72.7. The summed E-state index contributed by atoms with van der Waals surface area (Å²) in [6.07, 6.45) is 4.56. The van der Waals surface area contributed by atoms with E-state index < -0.39 is 0 Å². The number of hydrogen-bond acceptors (Lipinski definition) is 4. The predicted molar refractivity (Wildman–Crippen MR) is 89.3 cm³/mol. The zero-order chi connectivity index (χ0) is 17.3. The van der Waals surface area contributed by atoms with Crippen molar-refractivity contribution in [3.63, 3.8) is 0 Å². The minimum atomic E-state index is -0.297. The van der Waals surface area contributed by atoms with Crippen LogP contribution in [0.3, 0.4) is 0 Å². The molecule has 4 nitrogen and oxygen atoms in total. The van der Waals surface area contributed by atoms with Crippen LogP contribution in [-0.2, 0) is 19.1 Å². The highest BCUT2D eigenvalue weighted by molar-refractivity contribution is 5.83. The van der Waals surface area contributed by atoms with E-state index >= 15 is 0 Å². The second-order valence-electron chi connectivity index (χ2n) is 11.3. The number of esters is 2. The van der Waals surface area contributed by atoms with Gasteiger partial charge in [-0.25, -0.2) is 0 Å². The van der Waals surface area contributed by atoms with Gasteiger partial charge >= 0.3 is 11.9 Å². The summed E-state index contributed by atoms with van der Waals surface area (Å²) >= 11 is 0. The van der Waals surface area contributed by atoms with E-state index in [0.29, 0.717) is 59.2 Å². The van der Waals surface area contributed by atoms with E-state index in [4.69, 9.17) is 9.47 Å². The average Bonchev–Trinajstić information content (AvgIpc) is 3.34. The molecule has 0 aromatic carbocycles. The number of rotatable bonds is 0. The van der Waals surface area contributed by atoms with E-state index in [1.54, 1.807) is 0 Å². The van der Waals surface area contributed by atoms with E-state index in [1.165, 1.54) is 0 Å². The summed E-state index contributed by atoms with van der Waals surface area (Å²) in [5.74, 6) is 5.35. The van der Waals surface area contributed by atoms with Gasteiger partial charge in [0.25, 0.3) is 0 Å². The van der Waals surface area contributed by atoms with Crippen molar-refractivity contribution in [2.75, 3.05) is 0 Å². The van der Waals surface area contributed by atoms with Gasteiger partial charge in [0, 0.05) is 11.8 Å². The van der Waals surface area contributed by atoms with E-state index in [1.807, 2.05) is 0 Å². The Labute approximate surface area is 153 Å². The van der Waals surface area contributed by atoms with Crippen LogP contribution in [0.15, 0.2) is 0 Å². The van der Waals surface area contributed by atoms with Gasteiger partial charge in [-0.3, -0.25) is 9.59 Å². The Balaban J connectivity index is 1.45. The molecule has 0 unspecified atom stereocenters. The highest BCUT2D eigenvalue weighted by atomic mass is 16.6. The van der Waals surface area contributed by atoms with Gasteiger partial charge in [-0.1, -0.05) is 0 Å². The third kappa shape index (κ3) is 1.00. The van der Waals surface area contributed by atoms with E-state index in [9.17, 15) is 9.59 Å². The van der Waals surface area contributed by atoms with Crippen LogP contribution in [0.2, 0.25) is 0 Å². The maximum Gasteiger partial charge on any atom is 0.312 e. The van der Waals surface area contributed by atoms with Crippen LogP contribution >= 0.6 is 0 Å². The molecule has 2 heterocycles. The summed E-state index contributed by atoms with van der Waals surface area (Å²) in [6.45, 7) is 4.53. The number of fused-ring (bicyclic) bond motifs is 4. The third-order valence-corrected chi connectivity index (χ3v) is 11.4. The van der Waals surface area contributed by atoms with Crippen molar-refractivity contribution in [3.8, 4) is 0 Å². The van der Waals surface area contributed by atoms with E-state index in [0.717, 1.165) is 25.7 Å². The quantitative estimate of drug-likeness (QED) is 0.628. The lowest BCUT2D eigenvalue weighted by atomic mass is 9.61. The SMILES string of the molecule is C[C@@]12C(=O)O[C@H]3CC[C@@H]4[C@@H]3[C@@H]1[C@@H]1[C@H]3[C@H]5[C@H]6[C@@H](CC[C@H]6OC(=O)[C@@]5(C)[C@@H]41)[C@@H]32. The predicted octanol–water partition coefficient (Wildman–Crippen LogP) is 2.65. The molecule has 0 spiro atoms. The third-order valence-electron chi connectivity index (χ3n) is 11.4. The Kier molecular flexibility index (Phi) is 1.95. The molecule has 0 N–H and O–H groups in total. The lowest BCUT2D eigenvalue weighted by molar-refractivity contribution is -0.189. The van der Waals surface area contributed by atoms with Gasteiger partial charge in [-0.15, -0.1) is 0 Å². The number of hydrogen-bond donors (Lipinski definition) is 0. The Morgan fingerprint density at radius 3 is 1.50 bits per heavy atom. The molecular weight excluding hydrogens is 328 g/mol. The molecule has 2 saturated heterocycles. The van der Waals surface area contributed by atoms with Crippen molar-refractivity contribution in [1.82, 2.24) is 0 Å². The molecule has 138 valence electrons. The highest BCUT2D eigenvalue weighted by Gasteiger charge is 2.88. The summed E-state index contributed by atoms with van der Waals surface area (Å²) in [6, 6.07) is 0. The average molecular weight is 354 g/mol. The standard InChI is InChI=1S/C22H26O4/c1-21-15-7-3-5-10-12(7)18-13(15)14-16(22(18,2)20(24)26-10)8-4-6-9(25-19(21)23)11(8)17(14)21/h7-18H,3-6H2,1-2H3/t7-,8-,9-,10+,11+,12+,13-,14-,15+,16+,17-,18-,21+,22+/m1/s1. The monoisotopic (exact) mass is 354 g/mol. The lowest BCUT2D eigenvalue weighted by Gasteiger charge is -2.47. The second kappa shape index (κ2) is 3.63. The van der Waals surface area contributed by atoms with Crippen LogP contribution in [0.4, 0.5) is 0 Å². The van der Waals surface area contributed by atoms with Crippen molar-refractivity contribution >= 4 is 11.9 Å². The first kappa shape index (κ1) is 14.0. The maximum atomic E-state index is 13.4. The molecule has 8 aliphatic rings. The zero-order valence-electron chi connectivity index (χ0n) is 15.4. The van der Waals surface area contributed by atoms with Gasteiger partial charge in [0.1, 0.15) is 12.2 Å². The molecule has 6 saturated carbocycles. The molecule has 26 heavy (non-hydrogen) atoms. The maximum absolute atomic E-state index is 13.4. The molecular formula is C22H26O4. The summed E-state index contributed by atoms with van der Waals surface area (Å²) in [5.41, 5.74) is -0.593. The number of ether oxygens (including phenoxy) is 2. The minimum absolute atomic E-state index is 0.112. The van der Waals surface area contributed by atoms with Crippen molar-refractivity contribution in [3.05, 3.63) is 0 Å². The van der Waals surface area contributed by atoms with Crippen LogP contribution in [-0.4, -0.2) is 24.1 Å². The summed E-state index contributed by atoms with van der Waals surface area (Å²) in [7, 11) is 0. The smallest absolute Gasteiger partial charge is 0.312 e. The van der Waals surface area contributed by atoms with Crippen molar-refractivity contribution < 1.29 is 19.1 Å². The molecule has 0 radical (unpaired) electrons. The summed E-state index contributed by atoms with van der Waals surface area (Å²) < 4.78 is 12.3. The molecule has 0 bridgehead atoms. The van der Waals surface area contributed by atoms with Crippen LogP contribution < -0.4 is 0 Å². The van der Waals surface area contributed by atoms with Crippen molar-refractivity contribution in [2.24, 2.45) is 70.0 Å². The van der Waals surface area contributed by atoms with E-state index in [-0.39, 0.29) is 35.0 Å². The molecule has 2 aliphatic heterocycles. The van der Waals surface area contributed by atoms with Gasteiger partial charge in [-0.05, 0) is 86.9 Å². The molecule has 0 aromatic heterocycles. The van der Waals surface area contributed by atoms with Gasteiger partial charge in [0.2, 0.25) is 0 Å². The molecule has 0 aromatic rings. The molecule has 8 rings (SSSR count). The fourth-order valence-electron chi connectivity index (χ4n) is 11.4. The molecule has 0 amide bonds. The van der Waals surface area contributed by atoms with E-state index in [2.05, 4.69) is 13.8 Å². The first-order valence-electron chi connectivity index (χ1n) is 10.9. The van der Waals surface area contributed by atoms with Gasteiger partial charge < -0.3 is 9.47 Å². The molecule has 8 fully saturated rings. The Hall–Kier alpha value is -1.06. The van der Waals surface area contributed by atoms with Crippen molar-refractivity contribution in [1.29, 1.82) is 0 Å². The minimum Gasteiger partial charge on any atom is -0.462 e. The van der Waals surface area contributed by atoms with Crippen LogP contribution in [0.1, 0.15) is 39.5 Å². The fourth-order valence-corrected chi connectivity index (χ4v) is 11.4. The molecule has 14 atom stereocenters. The first-order chi connectivity index (χ1) is 12.5. The number of carbonyl (C=O) groups excluding carboxylic acids is 2. The summed E-state index contributed by atoms with van der Waals surface area (Å²) in [4.78, 5) is 26.7. The van der Waals surface area contributed by atoms with Gasteiger partial charge in [0.15, 0.2) is 0 Å². The van der Waals surface area contributed by atoms with Crippen LogP contribution in [0.5, 0.6) is 0 Å². The zero-order valence-corrected chi connectivity index (χ0v) is 15.4. The second-order valence-corrected chi connectivity index (χ2v) is 11.3. The number of carbonyl (C=O) groups is 2. The Morgan fingerprint density at radius 1 is 0.654 bits per heavy atom. The van der Waals surface area contributed by atoms with Crippen molar-refractivity contribution in [2.45, 2.75) is 51.7 Å².